The van der Waals surface area contributed by atoms with Gasteiger partial charge in [0, 0.05) is 25.7 Å². The first-order chi connectivity index (χ1) is 6.77. The predicted molar refractivity (Wildman–Crippen MR) is 62.0 cm³/mol. The highest BCUT2D eigenvalue weighted by Crippen LogP contribution is 2.16. The number of halogens is 2. The molecule has 1 aliphatic heterocycles. The lowest BCUT2D eigenvalue weighted by Crippen LogP contribution is -2.42. The van der Waals surface area contributed by atoms with Crippen molar-refractivity contribution in [2.24, 2.45) is 0 Å². The van der Waals surface area contributed by atoms with E-state index in [0.717, 1.165) is 25.2 Å². The van der Waals surface area contributed by atoms with Crippen LogP contribution in [0.4, 0.5) is 4.39 Å². The number of nitrogens with one attached hydrogen (secondary N) is 2. The molecule has 0 bridgehead atoms. The van der Waals surface area contributed by atoms with Crippen molar-refractivity contribution in [2.75, 3.05) is 19.6 Å². The first kappa shape index (κ1) is 12.4. The number of hydrogen-bond acceptors (Lipinski definition) is 2. The van der Waals surface area contributed by atoms with E-state index < -0.39 is 0 Å². The van der Waals surface area contributed by atoms with Crippen LogP contribution >= 0.6 is 12.4 Å². The van der Waals surface area contributed by atoms with Gasteiger partial charge in [-0.1, -0.05) is 12.1 Å². The Kier molecular flexibility index (Phi) is 4.51. The van der Waals surface area contributed by atoms with Crippen molar-refractivity contribution in [3.63, 3.8) is 0 Å². The molecule has 0 aliphatic carbocycles. The summed E-state index contributed by atoms with van der Waals surface area (Å²) in [5.74, 6) is -0.116. The monoisotopic (exact) mass is 230 g/mol. The van der Waals surface area contributed by atoms with E-state index in [1.54, 1.807) is 13.0 Å². The Bertz CT molecular complexity index is 324. The van der Waals surface area contributed by atoms with Crippen LogP contribution in [-0.2, 0) is 0 Å². The maximum atomic E-state index is 13.3. The minimum Gasteiger partial charge on any atom is -0.314 e. The second-order valence-electron chi connectivity index (χ2n) is 3.72. The van der Waals surface area contributed by atoms with Gasteiger partial charge >= 0.3 is 0 Å². The summed E-state index contributed by atoms with van der Waals surface area (Å²) in [6, 6.07) is 5.70. The Morgan fingerprint density at radius 2 is 2.13 bits per heavy atom. The zero-order valence-corrected chi connectivity index (χ0v) is 9.53. The molecule has 1 aromatic carbocycles. The highest BCUT2D eigenvalue weighted by Gasteiger charge is 2.14. The van der Waals surface area contributed by atoms with Crippen molar-refractivity contribution in [3.05, 3.63) is 35.1 Å². The summed E-state index contributed by atoms with van der Waals surface area (Å²) in [6.45, 7) is 4.60. The van der Waals surface area contributed by atoms with Crippen molar-refractivity contribution in [1.29, 1.82) is 0 Å². The fourth-order valence-corrected chi connectivity index (χ4v) is 1.71. The van der Waals surface area contributed by atoms with Crippen molar-refractivity contribution < 1.29 is 4.39 Å². The third-order valence-electron chi connectivity index (χ3n) is 2.64. The van der Waals surface area contributed by atoms with Gasteiger partial charge < -0.3 is 10.6 Å². The lowest BCUT2D eigenvalue weighted by molar-refractivity contribution is 0.428. The van der Waals surface area contributed by atoms with Crippen LogP contribution in [0.1, 0.15) is 17.2 Å². The Hall–Kier alpha value is -0.640. The number of piperazine rings is 1. The van der Waals surface area contributed by atoms with E-state index in [9.17, 15) is 4.39 Å². The minimum absolute atomic E-state index is 0. The van der Waals surface area contributed by atoms with Gasteiger partial charge in [0.15, 0.2) is 0 Å². The largest absolute Gasteiger partial charge is 0.314 e. The molecule has 15 heavy (non-hydrogen) atoms. The molecule has 2 N–H and O–H groups in total. The average molecular weight is 231 g/mol. The van der Waals surface area contributed by atoms with Gasteiger partial charge in [-0.15, -0.1) is 12.4 Å². The standard InChI is InChI=1S/C11H15FN2.ClH/c1-8-2-3-9(6-10(8)12)11-7-13-4-5-14-11;/h2-3,6,11,13-14H,4-5,7H2,1H3;1H/t11-;/m1./s1. The molecule has 0 amide bonds. The second kappa shape index (κ2) is 5.45. The number of rotatable bonds is 1. The quantitative estimate of drug-likeness (QED) is 0.769. The number of aryl methyl sites for hydroxylation is 1. The van der Waals surface area contributed by atoms with Crippen LogP contribution in [0.5, 0.6) is 0 Å². The fourth-order valence-electron chi connectivity index (χ4n) is 1.71. The molecule has 1 aromatic rings. The zero-order chi connectivity index (χ0) is 9.97. The summed E-state index contributed by atoms with van der Waals surface area (Å²) in [5, 5.41) is 6.64. The van der Waals surface area contributed by atoms with Crippen LogP contribution in [0.3, 0.4) is 0 Å². The van der Waals surface area contributed by atoms with E-state index in [2.05, 4.69) is 10.6 Å². The maximum Gasteiger partial charge on any atom is 0.126 e. The highest BCUT2D eigenvalue weighted by atomic mass is 35.5. The molecule has 0 aromatic heterocycles. The van der Waals surface area contributed by atoms with E-state index >= 15 is 0 Å². The molecule has 4 heteroatoms. The topological polar surface area (TPSA) is 24.1 Å². The summed E-state index contributed by atoms with van der Waals surface area (Å²) >= 11 is 0. The maximum absolute atomic E-state index is 13.3. The molecule has 0 radical (unpaired) electrons. The molecule has 1 heterocycles. The number of hydrogen-bond donors (Lipinski definition) is 2. The van der Waals surface area contributed by atoms with E-state index in [1.807, 2.05) is 12.1 Å². The molecule has 2 rings (SSSR count). The molecule has 1 atom stereocenters. The van der Waals surface area contributed by atoms with Crippen LogP contribution in [0.25, 0.3) is 0 Å². The van der Waals surface area contributed by atoms with E-state index in [4.69, 9.17) is 0 Å². The molecular weight excluding hydrogens is 215 g/mol. The number of benzene rings is 1. The molecule has 1 aliphatic rings. The normalized spacial score (nSPS) is 20.8. The van der Waals surface area contributed by atoms with Gasteiger partial charge in [0.1, 0.15) is 5.82 Å². The fraction of sp³-hybridized carbons (Fsp3) is 0.455. The van der Waals surface area contributed by atoms with E-state index in [-0.39, 0.29) is 24.3 Å². The first-order valence-electron chi connectivity index (χ1n) is 4.97. The van der Waals surface area contributed by atoms with Crippen molar-refractivity contribution in [3.8, 4) is 0 Å². The van der Waals surface area contributed by atoms with Gasteiger partial charge in [-0.25, -0.2) is 4.39 Å². The smallest absolute Gasteiger partial charge is 0.126 e. The molecule has 2 nitrogen and oxygen atoms in total. The third-order valence-corrected chi connectivity index (χ3v) is 2.64. The molecule has 0 spiro atoms. The van der Waals surface area contributed by atoms with E-state index in [1.165, 1.54) is 0 Å². The molecule has 84 valence electrons. The molecule has 1 fully saturated rings. The van der Waals surface area contributed by atoms with Crippen molar-refractivity contribution in [2.45, 2.75) is 13.0 Å². The van der Waals surface area contributed by atoms with Crippen LogP contribution in [0.15, 0.2) is 18.2 Å². The van der Waals surface area contributed by atoms with Gasteiger partial charge in [-0.05, 0) is 24.1 Å². The van der Waals surface area contributed by atoms with Gasteiger partial charge in [0.25, 0.3) is 0 Å². The summed E-state index contributed by atoms with van der Waals surface area (Å²) in [5.41, 5.74) is 1.73. The lowest BCUT2D eigenvalue weighted by atomic mass is 10.0. The predicted octanol–water partition coefficient (Wildman–Crippen LogP) is 1.79. The summed E-state index contributed by atoms with van der Waals surface area (Å²) in [6.07, 6.45) is 0. The Labute approximate surface area is 95.7 Å². The van der Waals surface area contributed by atoms with E-state index in [0.29, 0.717) is 5.56 Å². The van der Waals surface area contributed by atoms with Gasteiger partial charge in [0.2, 0.25) is 0 Å². The van der Waals surface area contributed by atoms with Gasteiger partial charge in [-0.2, -0.15) is 0 Å². The third kappa shape index (κ3) is 2.91. The molecular formula is C11H16ClFN2. The molecule has 1 saturated heterocycles. The van der Waals surface area contributed by atoms with Crippen LogP contribution in [-0.4, -0.2) is 19.6 Å². The minimum atomic E-state index is -0.116. The average Bonchev–Trinajstić information content (AvgIpc) is 2.23. The van der Waals surface area contributed by atoms with Crippen LogP contribution in [0.2, 0.25) is 0 Å². The van der Waals surface area contributed by atoms with Gasteiger partial charge in [0.05, 0.1) is 0 Å². The highest BCUT2D eigenvalue weighted by molar-refractivity contribution is 5.85. The SMILES string of the molecule is Cc1ccc([C@H]2CNCCN2)cc1F.Cl. The Balaban J connectivity index is 0.00000112. The van der Waals surface area contributed by atoms with Crippen molar-refractivity contribution in [1.82, 2.24) is 10.6 Å². The van der Waals surface area contributed by atoms with Crippen LogP contribution < -0.4 is 10.6 Å². The van der Waals surface area contributed by atoms with Crippen LogP contribution in [0, 0.1) is 12.7 Å². The molecule has 0 saturated carbocycles. The summed E-state index contributed by atoms with van der Waals surface area (Å²) in [7, 11) is 0. The summed E-state index contributed by atoms with van der Waals surface area (Å²) in [4.78, 5) is 0. The Morgan fingerprint density at radius 1 is 1.33 bits per heavy atom. The zero-order valence-electron chi connectivity index (χ0n) is 8.72. The van der Waals surface area contributed by atoms with Crippen molar-refractivity contribution >= 4 is 12.4 Å². The Morgan fingerprint density at radius 3 is 2.73 bits per heavy atom. The molecule has 0 unspecified atom stereocenters. The second-order valence-corrected chi connectivity index (χ2v) is 3.72. The first-order valence-corrected chi connectivity index (χ1v) is 4.97. The van der Waals surface area contributed by atoms with Gasteiger partial charge in [-0.3, -0.25) is 0 Å². The lowest BCUT2D eigenvalue weighted by Gasteiger charge is -2.25. The summed E-state index contributed by atoms with van der Waals surface area (Å²) < 4.78 is 13.3.